The summed E-state index contributed by atoms with van der Waals surface area (Å²) in [6.45, 7) is 8.83. The molecular formula is C22H29F3N4O2. The molecule has 1 aliphatic rings. The fraction of sp³-hybridized carbons (Fsp3) is 0.545. The maximum atomic E-state index is 13.7. The summed E-state index contributed by atoms with van der Waals surface area (Å²) in [4.78, 5) is 14.8. The molecule has 3 rings (SSSR count). The van der Waals surface area contributed by atoms with Crippen LogP contribution in [0.2, 0.25) is 0 Å². The fourth-order valence-electron chi connectivity index (χ4n) is 3.89. The molecule has 1 aromatic carbocycles. The van der Waals surface area contributed by atoms with E-state index in [1.807, 2.05) is 20.8 Å². The second kappa shape index (κ2) is 9.82. The van der Waals surface area contributed by atoms with E-state index in [2.05, 4.69) is 15.3 Å². The van der Waals surface area contributed by atoms with Gasteiger partial charge in [0.25, 0.3) is 5.91 Å². The molecule has 170 valence electrons. The average molecular weight is 438 g/mol. The van der Waals surface area contributed by atoms with Crippen molar-refractivity contribution in [3.63, 3.8) is 0 Å². The minimum Gasteiger partial charge on any atom is -0.373 e. The van der Waals surface area contributed by atoms with Crippen LogP contribution in [0.25, 0.3) is 5.69 Å². The van der Waals surface area contributed by atoms with Gasteiger partial charge in [0.15, 0.2) is 5.69 Å². The predicted octanol–water partition coefficient (Wildman–Crippen LogP) is 3.82. The number of benzene rings is 1. The molecule has 1 N–H and O–H groups in total. The molecule has 1 fully saturated rings. The zero-order chi connectivity index (χ0) is 22.6. The van der Waals surface area contributed by atoms with Crippen LogP contribution < -0.4 is 5.32 Å². The maximum Gasteiger partial charge on any atom is 0.434 e. The first-order valence-electron chi connectivity index (χ1n) is 10.5. The number of amides is 1. The van der Waals surface area contributed by atoms with Crippen molar-refractivity contribution in [3.8, 4) is 5.69 Å². The third-order valence-corrected chi connectivity index (χ3v) is 5.24. The molecule has 0 radical (unpaired) electrons. The highest BCUT2D eigenvalue weighted by atomic mass is 19.4. The molecule has 1 amide bonds. The van der Waals surface area contributed by atoms with Gasteiger partial charge >= 0.3 is 6.18 Å². The van der Waals surface area contributed by atoms with Gasteiger partial charge in [0.1, 0.15) is 0 Å². The zero-order valence-electron chi connectivity index (χ0n) is 18.1. The average Bonchev–Trinajstić information content (AvgIpc) is 3.13. The van der Waals surface area contributed by atoms with E-state index in [-0.39, 0.29) is 17.9 Å². The van der Waals surface area contributed by atoms with Crippen molar-refractivity contribution < 1.29 is 22.7 Å². The molecule has 9 heteroatoms. The Morgan fingerprint density at radius 1 is 1.16 bits per heavy atom. The lowest BCUT2D eigenvalue weighted by molar-refractivity contribution is -0.143. The minimum absolute atomic E-state index is 0.189. The highest BCUT2D eigenvalue weighted by molar-refractivity contribution is 5.95. The second-order valence-corrected chi connectivity index (χ2v) is 8.13. The lowest BCUT2D eigenvalue weighted by Gasteiger charge is -2.35. The van der Waals surface area contributed by atoms with E-state index in [0.717, 1.165) is 42.5 Å². The second-order valence-electron chi connectivity index (χ2n) is 8.13. The number of morpholine rings is 1. The van der Waals surface area contributed by atoms with E-state index in [4.69, 9.17) is 4.74 Å². The van der Waals surface area contributed by atoms with E-state index in [0.29, 0.717) is 13.0 Å². The van der Waals surface area contributed by atoms with E-state index in [9.17, 15) is 18.0 Å². The summed E-state index contributed by atoms with van der Waals surface area (Å²) in [6, 6.07) is 6.50. The first-order chi connectivity index (χ1) is 14.6. The number of nitrogens with zero attached hydrogens (tertiary/aromatic N) is 3. The van der Waals surface area contributed by atoms with Gasteiger partial charge in [-0.05, 0) is 52.3 Å². The van der Waals surface area contributed by atoms with Crippen molar-refractivity contribution in [3.05, 3.63) is 47.3 Å². The van der Waals surface area contributed by atoms with Crippen molar-refractivity contribution in [2.45, 2.75) is 52.0 Å². The van der Waals surface area contributed by atoms with Gasteiger partial charge in [0.2, 0.25) is 0 Å². The molecule has 31 heavy (non-hydrogen) atoms. The highest BCUT2D eigenvalue weighted by Gasteiger charge is 2.40. The van der Waals surface area contributed by atoms with Gasteiger partial charge in [0.05, 0.1) is 29.7 Å². The van der Waals surface area contributed by atoms with Gasteiger partial charge in [-0.15, -0.1) is 0 Å². The smallest absolute Gasteiger partial charge is 0.373 e. The summed E-state index contributed by atoms with van der Waals surface area (Å²) in [5, 5.41) is 6.45. The lowest BCUT2D eigenvalue weighted by Crippen LogP contribution is -2.45. The topological polar surface area (TPSA) is 59.4 Å². The first-order valence-corrected chi connectivity index (χ1v) is 10.5. The molecule has 1 aromatic heterocycles. The molecular weight excluding hydrogens is 409 g/mol. The van der Waals surface area contributed by atoms with Crippen LogP contribution in [0.4, 0.5) is 13.2 Å². The summed E-state index contributed by atoms with van der Waals surface area (Å²) >= 11 is 0. The highest BCUT2D eigenvalue weighted by Crippen LogP contribution is 2.33. The van der Waals surface area contributed by atoms with Crippen LogP contribution in [0.15, 0.2) is 30.5 Å². The van der Waals surface area contributed by atoms with Crippen molar-refractivity contribution >= 4 is 5.91 Å². The molecule has 0 bridgehead atoms. The quantitative estimate of drug-likeness (QED) is 0.668. The van der Waals surface area contributed by atoms with E-state index in [1.165, 1.54) is 0 Å². The van der Waals surface area contributed by atoms with Crippen molar-refractivity contribution in [1.82, 2.24) is 20.0 Å². The van der Waals surface area contributed by atoms with Gasteiger partial charge in [-0.1, -0.05) is 17.7 Å². The fourth-order valence-corrected chi connectivity index (χ4v) is 3.89. The molecule has 0 unspecified atom stereocenters. The summed E-state index contributed by atoms with van der Waals surface area (Å²) in [6.07, 6.45) is -1.83. The number of nitrogens with one attached hydrogen (secondary N) is 1. The van der Waals surface area contributed by atoms with Gasteiger partial charge in [0, 0.05) is 19.6 Å². The SMILES string of the molecule is Cc1ccc(-n2ncc(C(=O)NCCCCN3C[C@@H](C)O[C@H](C)C3)c2C(F)(F)F)cc1. The predicted molar refractivity (Wildman–Crippen MR) is 111 cm³/mol. The van der Waals surface area contributed by atoms with Crippen LogP contribution in [-0.2, 0) is 10.9 Å². The Morgan fingerprint density at radius 2 is 1.81 bits per heavy atom. The first kappa shape index (κ1) is 23.3. The molecule has 0 saturated carbocycles. The van der Waals surface area contributed by atoms with Gasteiger partial charge in [-0.3, -0.25) is 9.69 Å². The number of rotatable bonds is 7. The third-order valence-electron chi connectivity index (χ3n) is 5.24. The standard InChI is InChI=1S/C22H29F3N4O2/c1-15-6-8-18(9-7-15)29-20(22(23,24)25)19(12-27-29)21(30)26-10-4-5-11-28-13-16(2)31-17(3)14-28/h6-9,12,16-17H,4-5,10-11,13-14H2,1-3H3,(H,26,30)/t16-,17-/m1/s1. The number of carbonyl (C=O) groups is 1. The number of unbranched alkanes of at least 4 members (excludes halogenated alkanes) is 1. The molecule has 2 heterocycles. The minimum atomic E-state index is -4.71. The van der Waals surface area contributed by atoms with Crippen LogP contribution in [0.3, 0.4) is 0 Å². The van der Waals surface area contributed by atoms with Crippen molar-refractivity contribution in [2.24, 2.45) is 0 Å². The monoisotopic (exact) mass is 438 g/mol. The molecule has 1 aliphatic heterocycles. The van der Waals surface area contributed by atoms with Crippen molar-refractivity contribution in [2.75, 3.05) is 26.2 Å². The Balaban J connectivity index is 1.58. The zero-order valence-corrected chi connectivity index (χ0v) is 18.1. The number of hydrogen-bond acceptors (Lipinski definition) is 4. The summed E-state index contributed by atoms with van der Waals surface area (Å²) in [5.41, 5.74) is -0.358. The molecule has 6 nitrogen and oxygen atoms in total. The molecule has 2 aromatic rings. The molecule has 1 saturated heterocycles. The number of aromatic nitrogens is 2. The Hall–Kier alpha value is -2.39. The maximum absolute atomic E-state index is 13.7. The van der Waals surface area contributed by atoms with Crippen LogP contribution in [-0.4, -0.2) is 59.0 Å². The van der Waals surface area contributed by atoms with Gasteiger partial charge in [-0.2, -0.15) is 18.3 Å². The van der Waals surface area contributed by atoms with E-state index in [1.54, 1.807) is 24.3 Å². The number of aryl methyl sites for hydroxylation is 1. The third kappa shape index (κ3) is 6.07. The number of carbonyl (C=O) groups excluding carboxylic acids is 1. The number of alkyl halides is 3. The molecule has 2 atom stereocenters. The van der Waals surface area contributed by atoms with Gasteiger partial charge < -0.3 is 10.1 Å². The Bertz CT molecular complexity index is 870. The Morgan fingerprint density at radius 3 is 2.42 bits per heavy atom. The summed E-state index contributed by atoms with van der Waals surface area (Å²) in [7, 11) is 0. The lowest BCUT2D eigenvalue weighted by atomic mass is 10.2. The van der Waals surface area contributed by atoms with E-state index >= 15 is 0 Å². The molecule has 0 spiro atoms. The number of ether oxygens (including phenoxy) is 1. The normalized spacial score (nSPS) is 20.1. The number of hydrogen-bond donors (Lipinski definition) is 1. The Kier molecular flexibility index (Phi) is 7.38. The van der Waals surface area contributed by atoms with Crippen LogP contribution >= 0.6 is 0 Å². The van der Waals surface area contributed by atoms with Crippen LogP contribution in [0.1, 0.15) is 48.3 Å². The summed E-state index contributed by atoms with van der Waals surface area (Å²) < 4.78 is 47.6. The van der Waals surface area contributed by atoms with Crippen molar-refractivity contribution in [1.29, 1.82) is 0 Å². The largest absolute Gasteiger partial charge is 0.434 e. The molecule has 0 aliphatic carbocycles. The summed E-state index contributed by atoms with van der Waals surface area (Å²) in [5.74, 6) is -0.765. The Labute approximate surface area is 180 Å². The van der Waals surface area contributed by atoms with E-state index < -0.39 is 23.3 Å². The number of halogens is 3. The van der Waals surface area contributed by atoms with Crippen LogP contribution in [0, 0.1) is 6.92 Å². The van der Waals surface area contributed by atoms with Gasteiger partial charge in [-0.25, -0.2) is 4.68 Å². The van der Waals surface area contributed by atoms with Crippen LogP contribution in [0.5, 0.6) is 0 Å².